The molecule has 2 rings (SSSR count). The lowest BCUT2D eigenvalue weighted by molar-refractivity contribution is 0.508. The van der Waals surface area contributed by atoms with Crippen molar-refractivity contribution in [2.45, 2.75) is 19.9 Å². The van der Waals surface area contributed by atoms with Crippen LogP contribution < -0.4 is 10.6 Å². The van der Waals surface area contributed by atoms with Gasteiger partial charge in [0.25, 0.3) is 0 Å². The number of rotatable bonds is 4. The van der Waals surface area contributed by atoms with Gasteiger partial charge in [-0.15, -0.1) is 0 Å². The SMILES string of the molecule is CCc1ccc(CN(C)c2c(N)ccc(F)c2F)cc1. The number of nitrogens with zero attached hydrogens (tertiary/aromatic N) is 1. The van der Waals surface area contributed by atoms with Crippen LogP contribution in [0.3, 0.4) is 0 Å². The maximum atomic E-state index is 13.8. The average molecular weight is 276 g/mol. The monoisotopic (exact) mass is 276 g/mol. The Bertz CT molecular complexity index is 594. The van der Waals surface area contributed by atoms with Crippen molar-refractivity contribution in [3.8, 4) is 0 Å². The van der Waals surface area contributed by atoms with E-state index < -0.39 is 11.6 Å². The van der Waals surface area contributed by atoms with Crippen molar-refractivity contribution in [2.75, 3.05) is 17.7 Å². The molecule has 2 N–H and O–H groups in total. The van der Waals surface area contributed by atoms with Gasteiger partial charge in [-0.1, -0.05) is 31.2 Å². The largest absolute Gasteiger partial charge is 0.397 e. The minimum absolute atomic E-state index is 0.101. The molecule has 2 aromatic rings. The quantitative estimate of drug-likeness (QED) is 0.862. The standard InChI is InChI=1S/C16H18F2N2/c1-3-11-4-6-12(7-5-11)10-20(2)16-14(19)9-8-13(17)15(16)18/h4-9H,3,10,19H2,1-2H3. The predicted molar refractivity (Wildman–Crippen MR) is 78.7 cm³/mol. The fourth-order valence-electron chi connectivity index (χ4n) is 2.18. The van der Waals surface area contributed by atoms with Crippen LogP contribution in [0.5, 0.6) is 0 Å². The van der Waals surface area contributed by atoms with Gasteiger partial charge in [-0.25, -0.2) is 8.78 Å². The summed E-state index contributed by atoms with van der Waals surface area (Å²) in [4.78, 5) is 1.62. The Morgan fingerprint density at radius 2 is 1.60 bits per heavy atom. The average Bonchev–Trinajstić information content (AvgIpc) is 2.44. The van der Waals surface area contributed by atoms with Gasteiger partial charge in [0.2, 0.25) is 0 Å². The van der Waals surface area contributed by atoms with Crippen molar-refractivity contribution < 1.29 is 8.78 Å². The van der Waals surface area contributed by atoms with Crippen LogP contribution in [0.2, 0.25) is 0 Å². The summed E-state index contributed by atoms with van der Waals surface area (Å²) in [5, 5.41) is 0. The van der Waals surface area contributed by atoms with Gasteiger partial charge in [0.1, 0.15) is 0 Å². The van der Waals surface area contributed by atoms with Gasteiger partial charge in [-0.3, -0.25) is 0 Å². The van der Waals surface area contributed by atoms with E-state index in [2.05, 4.69) is 6.92 Å². The van der Waals surface area contributed by atoms with E-state index in [-0.39, 0.29) is 11.4 Å². The third-order valence-electron chi connectivity index (χ3n) is 3.33. The number of benzene rings is 2. The van der Waals surface area contributed by atoms with E-state index in [1.165, 1.54) is 11.6 Å². The highest BCUT2D eigenvalue weighted by molar-refractivity contribution is 5.68. The van der Waals surface area contributed by atoms with Crippen LogP contribution in [0, 0.1) is 11.6 Å². The van der Waals surface area contributed by atoms with E-state index >= 15 is 0 Å². The summed E-state index contributed by atoms with van der Waals surface area (Å²) in [6.45, 7) is 2.55. The summed E-state index contributed by atoms with van der Waals surface area (Å²) in [6.07, 6.45) is 0.974. The molecule has 0 spiro atoms. The number of aryl methyl sites for hydroxylation is 1. The van der Waals surface area contributed by atoms with E-state index in [0.29, 0.717) is 6.54 Å². The van der Waals surface area contributed by atoms with E-state index in [1.54, 1.807) is 11.9 Å². The summed E-state index contributed by atoms with van der Waals surface area (Å²) >= 11 is 0. The lowest BCUT2D eigenvalue weighted by atomic mass is 10.1. The molecule has 0 saturated heterocycles. The first-order valence-corrected chi connectivity index (χ1v) is 6.55. The zero-order chi connectivity index (χ0) is 14.7. The highest BCUT2D eigenvalue weighted by atomic mass is 19.2. The molecule has 2 nitrogen and oxygen atoms in total. The van der Waals surface area contributed by atoms with Gasteiger partial charge in [0, 0.05) is 13.6 Å². The van der Waals surface area contributed by atoms with E-state index in [4.69, 9.17) is 5.73 Å². The molecule has 2 aromatic carbocycles. The minimum Gasteiger partial charge on any atom is -0.397 e. The van der Waals surface area contributed by atoms with Gasteiger partial charge < -0.3 is 10.6 Å². The van der Waals surface area contributed by atoms with E-state index in [0.717, 1.165) is 18.1 Å². The molecule has 0 radical (unpaired) electrons. The number of halogens is 2. The third kappa shape index (κ3) is 2.90. The second-order valence-electron chi connectivity index (χ2n) is 4.83. The molecule has 0 fully saturated rings. The molecule has 0 heterocycles. The number of hydrogen-bond acceptors (Lipinski definition) is 2. The van der Waals surface area contributed by atoms with Gasteiger partial charge >= 0.3 is 0 Å². The Morgan fingerprint density at radius 1 is 1.00 bits per heavy atom. The minimum atomic E-state index is -0.905. The van der Waals surface area contributed by atoms with Crippen molar-refractivity contribution in [2.24, 2.45) is 0 Å². The fraction of sp³-hybridized carbons (Fsp3) is 0.250. The van der Waals surface area contributed by atoms with E-state index in [9.17, 15) is 8.78 Å². The lowest BCUT2D eigenvalue weighted by Crippen LogP contribution is -2.19. The smallest absolute Gasteiger partial charge is 0.184 e. The molecule has 0 unspecified atom stereocenters. The summed E-state index contributed by atoms with van der Waals surface area (Å²) in [5.74, 6) is -1.79. The first kappa shape index (κ1) is 14.3. The highest BCUT2D eigenvalue weighted by Gasteiger charge is 2.15. The molecule has 0 aliphatic carbocycles. The maximum absolute atomic E-state index is 13.8. The zero-order valence-corrected chi connectivity index (χ0v) is 11.7. The molecule has 0 saturated carbocycles. The number of nitrogens with two attached hydrogens (primary N) is 1. The van der Waals surface area contributed by atoms with Crippen molar-refractivity contribution in [3.63, 3.8) is 0 Å². The normalized spacial score (nSPS) is 10.6. The molecule has 20 heavy (non-hydrogen) atoms. The summed E-state index contributed by atoms with van der Waals surface area (Å²) in [5.41, 5.74) is 8.34. The van der Waals surface area contributed by atoms with Crippen molar-refractivity contribution in [1.82, 2.24) is 0 Å². The zero-order valence-electron chi connectivity index (χ0n) is 11.7. The molecule has 0 aliphatic rings. The Kier molecular flexibility index (Phi) is 4.23. The maximum Gasteiger partial charge on any atom is 0.184 e. The molecule has 0 bridgehead atoms. The second-order valence-corrected chi connectivity index (χ2v) is 4.83. The molecule has 106 valence electrons. The lowest BCUT2D eigenvalue weighted by Gasteiger charge is -2.22. The Morgan fingerprint density at radius 3 is 2.20 bits per heavy atom. The Hall–Kier alpha value is -2.10. The number of hydrogen-bond donors (Lipinski definition) is 1. The van der Waals surface area contributed by atoms with Crippen LogP contribution in [-0.4, -0.2) is 7.05 Å². The molecule has 0 aromatic heterocycles. The second kappa shape index (κ2) is 5.90. The Labute approximate surface area is 117 Å². The van der Waals surface area contributed by atoms with Crippen LogP contribution in [0.1, 0.15) is 18.1 Å². The van der Waals surface area contributed by atoms with Crippen LogP contribution in [0.4, 0.5) is 20.2 Å². The fourth-order valence-corrected chi connectivity index (χ4v) is 2.18. The van der Waals surface area contributed by atoms with Gasteiger partial charge in [0.15, 0.2) is 11.6 Å². The van der Waals surface area contributed by atoms with Crippen LogP contribution in [0.15, 0.2) is 36.4 Å². The van der Waals surface area contributed by atoms with Gasteiger partial charge in [-0.05, 0) is 29.7 Å². The molecular weight excluding hydrogens is 258 g/mol. The Balaban J connectivity index is 2.23. The highest BCUT2D eigenvalue weighted by Crippen LogP contribution is 2.28. The first-order chi connectivity index (χ1) is 9.52. The molecule has 4 heteroatoms. The summed E-state index contributed by atoms with van der Waals surface area (Å²) in [6, 6.07) is 10.5. The van der Waals surface area contributed by atoms with Crippen LogP contribution >= 0.6 is 0 Å². The van der Waals surface area contributed by atoms with Crippen molar-refractivity contribution >= 4 is 11.4 Å². The summed E-state index contributed by atoms with van der Waals surface area (Å²) < 4.78 is 27.1. The molecular formula is C16H18F2N2. The van der Waals surface area contributed by atoms with Crippen molar-refractivity contribution in [3.05, 3.63) is 59.2 Å². The molecule has 0 amide bonds. The predicted octanol–water partition coefficient (Wildman–Crippen LogP) is 3.75. The van der Waals surface area contributed by atoms with Crippen LogP contribution in [0.25, 0.3) is 0 Å². The summed E-state index contributed by atoms with van der Waals surface area (Å²) in [7, 11) is 1.70. The number of nitrogen functional groups attached to an aromatic ring is 1. The molecule has 0 aliphatic heterocycles. The van der Waals surface area contributed by atoms with Gasteiger partial charge in [0.05, 0.1) is 11.4 Å². The number of anilines is 2. The van der Waals surface area contributed by atoms with Gasteiger partial charge in [-0.2, -0.15) is 0 Å². The third-order valence-corrected chi connectivity index (χ3v) is 3.33. The van der Waals surface area contributed by atoms with Crippen LogP contribution in [-0.2, 0) is 13.0 Å². The van der Waals surface area contributed by atoms with Crippen molar-refractivity contribution in [1.29, 1.82) is 0 Å². The molecule has 0 atom stereocenters. The topological polar surface area (TPSA) is 29.3 Å². The first-order valence-electron chi connectivity index (χ1n) is 6.55. The van der Waals surface area contributed by atoms with E-state index in [1.807, 2.05) is 24.3 Å².